The van der Waals surface area contributed by atoms with Crippen molar-refractivity contribution in [3.05, 3.63) is 0 Å². The summed E-state index contributed by atoms with van der Waals surface area (Å²) in [5, 5.41) is 0. The lowest BCUT2D eigenvalue weighted by Gasteiger charge is -2.16. The van der Waals surface area contributed by atoms with Crippen LogP contribution in [0.5, 0.6) is 0 Å². The van der Waals surface area contributed by atoms with Crippen LogP contribution in [0.4, 0.5) is 0 Å². The van der Waals surface area contributed by atoms with Crippen LogP contribution >= 0.6 is 0 Å². The molecule has 0 bridgehead atoms. The van der Waals surface area contributed by atoms with Gasteiger partial charge in [-0.15, -0.1) is 11.8 Å². The fourth-order valence-electron chi connectivity index (χ4n) is 1.37. The molecule has 76 valence electrons. The predicted octanol–water partition coefficient (Wildman–Crippen LogP) is 2.28. The van der Waals surface area contributed by atoms with Crippen molar-refractivity contribution in [2.45, 2.75) is 39.0 Å². The Morgan fingerprint density at radius 3 is 2.21 bits per heavy atom. The lowest BCUT2D eigenvalue weighted by Crippen LogP contribution is -2.25. The van der Waals surface area contributed by atoms with E-state index in [-0.39, 0.29) is 0 Å². The maximum atomic E-state index is 3.22. The van der Waals surface area contributed by atoms with Gasteiger partial charge in [0.2, 0.25) is 0 Å². The van der Waals surface area contributed by atoms with E-state index in [2.05, 4.69) is 35.5 Å². The number of hydrogen-bond acceptors (Lipinski definition) is 1. The molecule has 14 heavy (non-hydrogen) atoms. The second-order valence-electron chi connectivity index (χ2n) is 3.62. The van der Waals surface area contributed by atoms with Crippen LogP contribution in [-0.2, 0) is 0 Å². The van der Waals surface area contributed by atoms with Crippen LogP contribution in [0, 0.1) is 23.7 Å². The fraction of sp³-hybridized carbons (Fsp3) is 0.692. The largest absolute Gasteiger partial charge is 0.281 e. The number of hydrogen-bond donors (Lipinski definition) is 0. The molecule has 0 saturated carbocycles. The van der Waals surface area contributed by atoms with E-state index in [1.54, 1.807) is 0 Å². The van der Waals surface area contributed by atoms with Crippen LogP contribution in [0.15, 0.2) is 0 Å². The Morgan fingerprint density at radius 2 is 1.64 bits per heavy atom. The molecule has 0 aromatic carbocycles. The first kappa shape index (κ1) is 11.2. The molecular formula is C13H19N. The monoisotopic (exact) mass is 189 g/mol. The second-order valence-corrected chi connectivity index (χ2v) is 3.62. The van der Waals surface area contributed by atoms with Crippen molar-refractivity contribution in [1.82, 2.24) is 4.90 Å². The van der Waals surface area contributed by atoms with Gasteiger partial charge in [-0.05, 0) is 12.8 Å². The van der Waals surface area contributed by atoms with Crippen molar-refractivity contribution in [3.63, 3.8) is 0 Å². The van der Waals surface area contributed by atoms with Gasteiger partial charge < -0.3 is 0 Å². The summed E-state index contributed by atoms with van der Waals surface area (Å²) in [5.74, 6) is 12.8. The lowest BCUT2D eigenvalue weighted by atomic mass is 10.2. The number of rotatable bonds is 3. The van der Waals surface area contributed by atoms with E-state index in [0.29, 0.717) is 0 Å². The van der Waals surface area contributed by atoms with E-state index < -0.39 is 0 Å². The Labute approximate surface area is 87.9 Å². The van der Waals surface area contributed by atoms with Gasteiger partial charge in [-0.2, -0.15) is 0 Å². The van der Waals surface area contributed by atoms with Gasteiger partial charge in [-0.1, -0.05) is 25.2 Å². The van der Waals surface area contributed by atoms with Gasteiger partial charge in [-0.3, -0.25) is 4.90 Å². The highest BCUT2D eigenvalue weighted by molar-refractivity contribution is 5.07. The molecule has 0 aliphatic carbocycles. The first-order chi connectivity index (χ1) is 6.93. The molecule has 0 unspecified atom stereocenters. The quantitative estimate of drug-likeness (QED) is 0.616. The topological polar surface area (TPSA) is 3.24 Å². The molecule has 0 radical (unpaired) electrons. The highest BCUT2D eigenvalue weighted by atomic mass is 15.1. The predicted molar refractivity (Wildman–Crippen MR) is 60.8 cm³/mol. The third-order valence-corrected chi connectivity index (χ3v) is 2.29. The van der Waals surface area contributed by atoms with Crippen LogP contribution in [0.1, 0.15) is 39.0 Å². The van der Waals surface area contributed by atoms with Crippen LogP contribution in [0.2, 0.25) is 0 Å². The zero-order valence-electron chi connectivity index (χ0n) is 9.10. The molecule has 0 saturated heterocycles. The summed E-state index contributed by atoms with van der Waals surface area (Å²) in [7, 11) is 0. The molecule has 0 atom stereocenters. The van der Waals surface area contributed by atoms with Crippen molar-refractivity contribution in [2.75, 3.05) is 19.6 Å². The van der Waals surface area contributed by atoms with Gasteiger partial charge >= 0.3 is 0 Å². The maximum absolute atomic E-state index is 3.22. The molecule has 0 amide bonds. The minimum Gasteiger partial charge on any atom is -0.281 e. The van der Waals surface area contributed by atoms with Crippen molar-refractivity contribution >= 4 is 0 Å². The molecule has 1 rings (SSSR count). The zero-order valence-corrected chi connectivity index (χ0v) is 9.10. The smallest absolute Gasteiger partial charge is 0.0609 e. The highest BCUT2D eigenvalue weighted by Crippen LogP contribution is 1.96. The van der Waals surface area contributed by atoms with Crippen LogP contribution in [0.3, 0.4) is 0 Å². The van der Waals surface area contributed by atoms with Gasteiger partial charge in [0.1, 0.15) is 0 Å². The van der Waals surface area contributed by atoms with Crippen molar-refractivity contribution in [3.8, 4) is 23.7 Å². The first-order valence-corrected chi connectivity index (χ1v) is 5.57. The Balaban J connectivity index is 2.38. The third-order valence-electron chi connectivity index (χ3n) is 2.29. The fourth-order valence-corrected chi connectivity index (χ4v) is 1.37. The van der Waals surface area contributed by atoms with Gasteiger partial charge in [-0.25, -0.2) is 0 Å². The molecule has 0 fully saturated rings. The molecule has 0 aromatic rings. The summed E-state index contributed by atoms with van der Waals surface area (Å²) >= 11 is 0. The molecule has 1 aliphatic rings. The molecule has 0 aromatic heterocycles. The summed E-state index contributed by atoms with van der Waals surface area (Å²) in [6, 6.07) is 0. The summed E-state index contributed by atoms with van der Waals surface area (Å²) in [6.45, 7) is 5.15. The number of unbranched alkanes of at least 4 members (excludes halogenated alkanes) is 1. The molecular weight excluding hydrogens is 170 g/mol. The standard InChI is InChI=1S/C13H19N/c1-2-3-11-14-12-9-7-5-4-6-8-10-13-14/h2-6,11-13H2,1H3. The van der Waals surface area contributed by atoms with E-state index >= 15 is 0 Å². The average molecular weight is 189 g/mol. The minimum absolute atomic E-state index is 0.898. The Hall–Kier alpha value is -0.920. The minimum atomic E-state index is 0.898. The maximum Gasteiger partial charge on any atom is 0.0609 e. The van der Waals surface area contributed by atoms with Gasteiger partial charge in [0.15, 0.2) is 0 Å². The van der Waals surface area contributed by atoms with Gasteiger partial charge in [0.25, 0.3) is 0 Å². The highest BCUT2D eigenvalue weighted by Gasteiger charge is 1.99. The third kappa shape index (κ3) is 4.95. The van der Waals surface area contributed by atoms with E-state index in [0.717, 1.165) is 38.9 Å². The van der Waals surface area contributed by atoms with E-state index in [1.165, 1.54) is 12.8 Å². The summed E-state index contributed by atoms with van der Waals surface area (Å²) < 4.78 is 0. The van der Waals surface area contributed by atoms with Crippen molar-refractivity contribution < 1.29 is 0 Å². The van der Waals surface area contributed by atoms with E-state index in [1.807, 2.05) is 0 Å². The lowest BCUT2D eigenvalue weighted by molar-refractivity contribution is 0.338. The number of nitrogens with zero attached hydrogens (tertiary/aromatic N) is 1. The molecule has 1 nitrogen and oxygen atoms in total. The Kier molecular flexibility index (Phi) is 5.96. The van der Waals surface area contributed by atoms with Gasteiger partial charge in [0.05, 0.1) is 13.1 Å². The van der Waals surface area contributed by atoms with E-state index in [9.17, 15) is 0 Å². The Morgan fingerprint density at radius 1 is 1.00 bits per heavy atom. The van der Waals surface area contributed by atoms with Crippen LogP contribution in [-0.4, -0.2) is 24.5 Å². The summed E-state index contributed by atoms with van der Waals surface area (Å²) in [5.41, 5.74) is 0. The molecule has 0 spiro atoms. The SMILES string of the molecule is CCCCN1CC#CCCCC#CC1. The molecule has 0 N–H and O–H groups in total. The van der Waals surface area contributed by atoms with Crippen molar-refractivity contribution in [2.24, 2.45) is 0 Å². The van der Waals surface area contributed by atoms with Crippen LogP contribution in [0.25, 0.3) is 0 Å². The van der Waals surface area contributed by atoms with Crippen molar-refractivity contribution in [1.29, 1.82) is 0 Å². The second kappa shape index (κ2) is 7.48. The van der Waals surface area contributed by atoms with Crippen LogP contribution < -0.4 is 0 Å². The molecule has 1 heteroatoms. The molecule has 1 heterocycles. The summed E-state index contributed by atoms with van der Waals surface area (Å²) in [4.78, 5) is 2.34. The molecule has 1 aliphatic heterocycles. The van der Waals surface area contributed by atoms with E-state index in [4.69, 9.17) is 0 Å². The summed E-state index contributed by atoms with van der Waals surface area (Å²) in [6.07, 6.45) is 5.66. The zero-order chi connectivity index (χ0) is 10.1. The normalized spacial score (nSPS) is 17.5. The van der Waals surface area contributed by atoms with Gasteiger partial charge in [0, 0.05) is 19.4 Å². The Bertz CT molecular complexity index is 234. The first-order valence-electron chi connectivity index (χ1n) is 5.57. The average Bonchev–Trinajstić information content (AvgIpc) is 2.23.